The van der Waals surface area contributed by atoms with Gasteiger partial charge in [0.2, 0.25) is 0 Å². The van der Waals surface area contributed by atoms with Gasteiger partial charge in [-0.2, -0.15) is 5.26 Å². The average molecular weight is 434 g/mol. The van der Waals surface area contributed by atoms with Crippen LogP contribution in [-0.4, -0.2) is 12.0 Å². The van der Waals surface area contributed by atoms with Crippen molar-refractivity contribution in [3.05, 3.63) is 62.6 Å². The van der Waals surface area contributed by atoms with Gasteiger partial charge in [-0.25, -0.2) is 0 Å². The van der Waals surface area contributed by atoms with E-state index in [1.165, 1.54) is 6.08 Å². The third-order valence-corrected chi connectivity index (χ3v) is 4.45. The second-order valence-corrected chi connectivity index (χ2v) is 7.21. The molecule has 134 valence electrons. The first-order chi connectivity index (χ1) is 12.3. The van der Waals surface area contributed by atoms with Crippen LogP contribution in [-0.2, 0) is 4.79 Å². The number of carbonyl (C=O) groups excluding carboxylic acids is 1. The summed E-state index contributed by atoms with van der Waals surface area (Å²) in [5, 5.41) is 12.6. The Morgan fingerprint density at radius 1 is 1.31 bits per heavy atom. The summed E-state index contributed by atoms with van der Waals surface area (Å²) in [5.74, 6) is 0.209. The molecule has 0 atom stereocenters. The summed E-state index contributed by atoms with van der Waals surface area (Å²) in [7, 11) is 0. The molecule has 2 rings (SSSR count). The molecule has 0 saturated carbocycles. The molecule has 0 aliphatic rings. The zero-order valence-corrected chi connectivity index (χ0v) is 17.0. The molecule has 0 saturated heterocycles. The lowest BCUT2D eigenvalue weighted by atomic mass is 10.1. The van der Waals surface area contributed by atoms with E-state index in [9.17, 15) is 10.1 Å². The summed E-state index contributed by atoms with van der Waals surface area (Å²) in [5.41, 5.74) is 2.15. The van der Waals surface area contributed by atoms with Gasteiger partial charge >= 0.3 is 0 Å². The Balaban J connectivity index is 2.21. The summed E-state index contributed by atoms with van der Waals surface area (Å²) in [6.07, 6.45) is 1.57. The van der Waals surface area contributed by atoms with Gasteiger partial charge in [0, 0.05) is 10.7 Å². The van der Waals surface area contributed by atoms with Gasteiger partial charge in [0.25, 0.3) is 5.91 Å². The third kappa shape index (κ3) is 5.35. The van der Waals surface area contributed by atoms with Crippen LogP contribution in [0.1, 0.15) is 25.0 Å². The molecule has 2 aromatic rings. The Morgan fingerprint density at radius 3 is 2.62 bits per heavy atom. The number of carbonyl (C=O) groups is 1. The summed E-state index contributed by atoms with van der Waals surface area (Å²) >= 11 is 9.50. The van der Waals surface area contributed by atoms with Crippen LogP contribution in [0.15, 0.2) is 46.4 Å². The number of halogens is 2. The van der Waals surface area contributed by atoms with Crippen molar-refractivity contribution in [2.24, 2.45) is 0 Å². The lowest BCUT2D eigenvalue weighted by Gasteiger charge is -2.11. The predicted molar refractivity (Wildman–Crippen MR) is 108 cm³/mol. The monoisotopic (exact) mass is 432 g/mol. The van der Waals surface area contributed by atoms with Crippen molar-refractivity contribution in [3.8, 4) is 11.8 Å². The minimum atomic E-state index is -0.494. The first kappa shape index (κ1) is 20.0. The maximum atomic E-state index is 12.4. The molecule has 0 bridgehead atoms. The molecule has 6 heteroatoms. The topological polar surface area (TPSA) is 62.1 Å². The second-order valence-electron chi connectivity index (χ2n) is 5.94. The summed E-state index contributed by atoms with van der Waals surface area (Å²) in [4.78, 5) is 12.4. The van der Waals surface area contributed by atoms with Crippen molar-refractivity contribution < 1.29 is 9.53 Å². The van der Waals surface area contributed by atoms with Gasteiger partial charge < -0.3 is 10.1 Å². The van der Waals surface area contributed by atoms with Gasteiger partial charge in [-0.3, -0.25) is 4.79 Å². The quantitative estimate of drug-likeness (QED) is 0.483. The molecular formula is C20H18BrClN2O2. The second kappa shape index (κ2) is 8.88. The van der Waals surface area contributed by atoms with Gasteiger partial charge in [-0.05, 0) is 78.2 Å². The molecule has 0 heterocycles. The molecule has 1 amide bonds. The van der Waals surface area contributed by atoms with Crippen LogP contribution in [0.4, 0.5) is 5.69 Å². The Labute approximate surface area is 166 Å². The Morgan fingerprint density at radius 2 is 2.04 bits per heavy atom. The summed E-state index contributed by atoms with van der Waals surface area (Å²) in [6.45, 7) is 5.75. The third-order valence-electron chi connectivity index (χ3n) is 3.42. The number of nitrogens with one attached hydrogen (secondary N) is 1. The number of aryl methyl sites for hydroxylation is 1. The zero-order chi connectivity index (χ0) is 19.3. The van der Waals surface area contributed by atoms with E-state index in [2.05, 4.69) is 21.2 Å². The number of amides is 1. The van der Waals surface area contributed by atoms with Crippen LogP contribution >= 0.6 is 27.5 Å². The van der Waals surface area contributed by atoms with Gasteiger partial charge in [-0.15, -0.1) is 0 Å². The largest absolute Gasteiger partial charge is 0.490 e. The molecule has 0 fully saturated rings. The van der Waals surface area contributed by atoms with Crippen LogP contribution < -0.4 is 10.1 Å². The summed E-state index contributed by atoms with van der Waals surface area (Å²) < 4.78 is 6.41. The highest BCUT2D eigenvalue weighted by molar-refractivity contribution is 9.10. The molecule has 0 aliphatic carbocycles. The van der Waals surface area contributed by atoms with Crippen molar-refractivity contribution >= 4 is 45.2 Å². The molecule has 0 aliphatic heterocycles. The van der Waals surface area contributed by atoms with E-state index in [0.29, 0.717) is 22.0 Å². The predicted octanol–water partition coefficient (Wildman–Crippen LogP) is 5.74. The van der Waals surface area contributed by atoms with Gasteiger partial charge in [0.05, 0.1) is 10.6 Å². The Bertz CT molecular complexity index is 901. The molecule has 0 radical (unpaired) electrons. The van der Waals surface area contributed by atoms with Crippen LogP contribution in [0.5, 0.6) is 5.75 Å². The number of anilines is 1. The van der Waals surface area contributed by atoms with Gasteiger partial charge in [0.15, 0.2) is 0 Å². The number of benzene rings is 2. The molecular weight excluding hydrogens is 416 g/mol. The SMILES string of the molecule is Cc1ccc(NC(=O)/C(C#N)=C/c2ccc(OC(C)C)c(Br)c2)cc1Cl. The normalized spacial score (nSPS) is 11.2. The molecule has 4 nitrogen and oxygen atoms in total. The average Bonchev–Trinajstić information content (AvgIpc) is 2.58. The minimum absolute atomic E-state index is 0.00822. The van der Waals surface area contributed by atoms with Crippen molar-refractivity contribution in [2.45, 2.75) is 26.9 Å². The van der Waals surface area contributed by atoms with E-state index in [4.69, 9.17) is 16.3 Å². The first-order valence-electron chi connectivity index (χ1n) is 7.95. The fraction of sp³-hybridized carbons (Fsp3) is 0.200. The number of nitrogens with zero attached hydrogens (tertiary/aromatic N) is 1. The highest BCUT2D eigenvalue weighted by Crippen LogP contribution is 2.28. The molecule has 0 aromatic heterocycles. The van der Waals surface area contributed by atoms with Gasteiger partial charge in [0.1, 0.15) is 17.4 Å². The Kier molecular flexibility index (Phi) is 6.84. The number of ether oxygens (including phenoxy) is 1. The van der Waals surface area contributed by atoms with Crippen LogP contribution in [0.25, 0.3) is 6.08 Å². The molecule has 0 unspecified atom stereocenters. The van der Waals surface area contributed by atoms with E-state index in [0.717, 1.165) is 10.0 Å². The minimum Gasteiger partial charge on any atom is -0.490 e. The van der Waals surface area contributed by atoms with Crippen LogP contribution in [0.2, 0.25) is 5.02 Å². The lowest BCUT2D eigenvalue weighted by molar-refractivity contribution is -0.112. The maximum absolute atomic E-state index is 12.4. The lowest BCUT2D eigenvalue weighted by Crippen LogP contribution is -2.13. The van der Waals surface area contributed by atoms with E-state index in [1.54, 1.807) is 36.4 Å². The van der Waals surface area contributed by atoms with Gasteiger partial charge in [-0.1, -0.05) is 23.7 Å². The fourth-order valence-electron chi connectivity index (χ4n) is 2.14. The summed E-state index contributed by atoms with van der Waals surface area (Å²) in [6, 6.07) is 12.5. The van der Waals surface area contributed by atoms with Crippen molar-refractivity contribution in [3.63, 3.8) is 0 Å². The number of hydrogen-bond acceptors (Lipinski definition) is 3. The standard InChI is InChI=1S/C20H18BrClN2O2/c1-12(2)26-19-7-5-14(9-17(19)21)8-15(11-23)20(25)24-16-6-4-13(3)18(22)10-16/h4-10,12H,1-3H3,(H,24,25)/b15-8+. The number of nitriles is 1. The molecule has 2 aromatic carbocycles. The zero-order valence-electron chi connectivity index (χ0n) is 14.6. The van der Waals surface area contributed by atoms with Crippen molar-refractivity contribution in [2.75, 3.05) is 5.32 Å². The van der Waals surface area contributed by atoms with Crippen LogP contribution in [0, 0.1) is 18.3 Å². The molecule has 26 heavy (non-hydrogen) atoms. The smallest absolute Gasteiger partial charge is 0.266 e. The maximum Gasteiger partial charge on any atom is 0.266 e. The highest BCUT2D eigenvalue weighted by Gasteiger charge is 2.11. The Hall–Kier alpha value is -2.29. The number of rotatable bonds is 5. The fourth-order valence-corrected chi connectivity index (χ4v) is 2.81. The van der Waals surface area contributed by atoms with E-state index in [1.807, 2.05) is 26.8 Å². The molecule has 1 N–H and O–H groups in total. The van der Waals surface area contributed by atoms with E-state index < -0.39 is 5.91 Å². The first-order valence-corrected chi connectivity index (χ1v) is 9.12. The number of hydrogen-bond donors (Lipinski definition) is 1. The van der Waals surface area contributed by atoms with E-state index in [-0.39, 0.29) is 11.7 Å². The van der Waals surface area contributed by atoms with Crippen molar-refractivity contribution in [1.29, 1.82) is 5.26 Å². The molecule has 0 spiro atoms. The van der Waals surface area contributed by atoms with Crippen molar-refractivity contribution in [1.82, 2.24) is 0 Å². The highest BCUT2D eigenvalue weighted by atomic mass is 79.9. The van der Waals surface area contributed by atoms with E-state index >= 15 is 0 Å². The van der Waals surface area contributed by atoms with Crippen LogP contribution in [0.3, 0.4) is 0 Å².